The predicted molar refractivity (Wildman–Crippen MR) is 82.1 cm³/mol. The van der Waals surface area contributed by atoms with E-state index in [0.29, 0.717) is 6.42 Å². The van der Waals surface area contributed by atoms with Crippen molar-refractivity contribution in [3.8, 4) is 0 Å². The normalized spacial score (nSPS) is 9.16. The van der Waals surface area contributed by atoms with E-state index in [-0.39, 0.29) is 71.0 Å². The average molecular weight is 377 g/mol. The van der Waals surface area contributed by atoms with E-state index in [1.807, 2.05) is 0 Å². The molecule has 0 fully saturated rings. The van der Waals surface area contributed by atoms with E-state index >= 15 is 0 Å². The van der Waals surface area contributed by atoms with Crippen LogP contribution in [0.1, 0.15) is 71.1 Å². The van der Waals surface area contributed by atoms with Crippen LogP contribution >= 0.6 is 0 Å². The predicted octanol–water partition coefficient (Wildman–Crippen LogP) is -6.58. The molecule has 0 aliphatic carbocycles. The third kappa shape index (κ3) is 22.3. The Morgan fingerprint density at radius 2 is 1.08 bits per heavy atom. The van der Waals surface area contributed by atoms with Crippen LogP contribution in [0.5, 0.6) is 0 Å². The van der Waals surface area contributed by atoms with Crippen molar-refractivity contribution < 1.29 is 89.2 Å². The van der Waals surface area contributed by atoms with Crippen LogP contribution in [0, 0.1) is 0 Å². The summed E-state index contributed by atoms with van der Waals surface area (Å²) in [5.41, 5.74) is 0. The zero-order valence-corrected chi connectivity index (χ0v) is 20.0. The zero-order valence-electron chi connectivity index (χ0n) is 16.0. The van der Waals surface area contributed by atoms with Crippen molar-refractivity contribution in [2.24, 2.45) is 0 Å². The first-order valence-electron chi connectivity index (χ1n) is 8.14. The molecule has 136 valence electrons. The summed E-state index contributed by atoms with van der Waals surface area (Å²) < 4.78 is 0. The molecule has 0 saturated heterocycles. The van der Waals surface area contributed by atoms with E-state index in [2.05, 4.69) is 6.92 Å². The number of rotatable bonds is 14. The minimum absolute atomic E-state index is 0. The SMILES string of the molecule is CCCCCCCCCCCC(=O)N(CC(=O)[O-])CC(=O)[O-].O.[Na+].[Na+]. The van der Waals surface area contributed by atoms with Gasteiger partial charge in [0.15, 0.2) is 0 Å². The van der Waals surface area contributed by atoms with Gasteiger partial charge in [-0.05, 0) is 6.42 Å². The third-order valence-electron chi connectivity index (χ3n) is 3.49. The zero-order chi connectivity index (χ0) is 16.8. The summed E-state index contributed by atoms with van der Waals surface area (Å²) in [7, 11) is 0. The maximum Gasteiger partial charge on any atom is 1.00 e. The summed E-state index contributed by atoms with van der Waals surface area (Å²) in [5.74, 6) is -3.42. The standard InChI is InChI=1S/C16H29NO5.2Na.H2O/c1-2-3-4-5-6-7-8-9-10-11-14(18)17(12-15(19)20)13-16(21)22;;;/h2-13H2,1H3,(H,19,20)(H,21,22);;;1H2/q;2*+1;/p-2. The van der Waals surface area contributed by atoms with Crippen molar-refractivity contribution in [3.63, 3.8) is 0 Å². The van der Waals surface area contributed by atoms with E-state index < -0.39 is 30.9 Å². The van der Waals surface area contributed by atoms with Crippen molar-refractivity contribution in [1.29, 1.82) is 0 Å². The van der Waals surface area contributed by atoms with Gasteiger partial charge in [-0.2, -0.15) is 0 Å². The number of carbonyl (C=O) groups is 3. The molecule has 0 unspecified atom stereocenters. The number of carboxylic acid groups (broad SMARTS) is 2. The van der Waals surface area contributed by atoms with Gasteiger partial charge < -0.3 is 30.2 Å². The first kappa shape index (κ1) is 33.0. The van der Waals surface area contributed by atoms with Crippen molar-refractivity contribution in [1.82, 2.24) is 4.90 Å². The molecule has 0 heterocycles. The summed E-state index contributed by atoms with van der Waals surface area (Å²) in [6.45, 7) is 0.773. The van der Waals surface area contributed by atoms with Crippen LogP contribution in [0.3, 0.4) is 0 Å². The minimum atomic E-state index is -1.47. The first-order valence-corrected chi connectivity index (χ1v) is 8.14. The van der Waals surface area contributed by atoms with Gasteiger partial charge in [0.1, 0.15) is 0 Å². The molecule has 0 bridgehead atoms. The Bertz CT molecular complexity index is 340. The molecular formula is C16H29NNa2O6. The Balaban J connectivity index is -0.000000735. The van der Waals surface area contributed by atoms with Gasteiger partial charge in [0.2, 0.25) is 5.91 Å². The number of amides is 1. The van der Waals surface area contributed by atoms with Gasteiger partial charge in [-0.25, -0.2) is 0 Å². The van der Waals surface area contributed by atoms with Crippen molar-refractivity contribution in [3.05, 3.63) is 0 Å². The van der Waals surface area contributed by atoms with Gasteiger partial charge in [0.05, 0.1) is 25.0 Å². The Hall–Kier alpha value is 0.370. The van der Waals surface area contributed by atoms with Crippen LogP contribution in [0.25, 0.3) is 0 Å². The van der Waals surface area contributed by atoms with Crippen molar-refractivity contribution >= 4 is 17.8 Å². The van der Waals surface area contributed by atoms with Gasteiger partial charge in [0, 0.05) is 6.42 Å². The molecule has 0 aromatic rings. The Morgan fingerprint density at radius 1 is 0.720 bits per heavy atom. The molecule has 0 rings (SSSR count). The third-order valence-corrected chi connectivity index (χ3v) is 3.49. The fourth-order valence-electron chi connectivity index (χ4n) is 2.29. The summed E-state index contributed by atoms with van der Waals surface area (Å²) in [4.78, 5) is 33.5. The van der Waals surface area contributed by atoms with Crippen LogP contribution < -0.4 is 69.3 Å². The van der Waals surface area contributed by atoms with Crippen LogP contribution in [0.15, 0.2) is 0 Å². The Labute approximate surface area is 194 Å². The summed E-state index contributed by atoms with van der Waals surface area (Å²) in [6, 6.07) is 0. The molecule has 0 radical (unpaired) electrons. The molecule has 0 spiro atoms. The molecule has 0 aliphatic rings. The van der Waals surface area contributed by atoms with Gasteiger partial charge in [0.25, 0.3) is 0 Å². The van der Waals surface area contributed by atoms with E-state index in [1.165, 1.54) is 32.1 Å². The van der Waals surface area contributed by atoms with Crippen LogP contribution in [0.2, 0.25) is 0 Å². The fraction of sp³-hybridized carbons (Fsp3) is 0.812. The van der Waals surface area contributed by atoms with Crippen molar-refractivity contribution in [2.45, 2.75) is 71.1 Å². The molecule has 0 saturated carbocycles. The molecular weight excluding hydrogens is 348 g/mol. The van der Waals surface area contributed by atoms with Crippen molar-refractivity contribution in [2.75, 3.05) is 13.1 Å². The molecule has 0 aromatic heterocycles. The number of unbranched alkanes of at least 4 members (excludes halogenated alkanes) is 8. The van der Waals surface area contributed by atoms with Gasteiger partial charge >= 0.3 is 59.1 Å². The Kier molecular flexibility index (Phi) is 29.6. The van der Waals surface area contributed by atoms with Gasteiger partial charge in [-0.15, -0.1) is 0 Å². The van der Waals surface area contributed by atoms with Crippen LogP contribution in [0.4, 0.5) is 0 Å². The number of hydrogen-bond acceptors (Lipinski definition) is 5. The summed E-state index contributed by atoms with van der Waals surface area (Å²) in [5, 5.41) is 21.0. The quantitative estimate of drug-likeness (QED) is 0.219. The average Bonchev–Trinajstić information content (AvgIpc) is 2.43. The van der Waals surface area contributed by atoms with Crippen LogP contribution in [-0.2, 0) is 14.4 Å². The van der Waals surface area contributed by atoms with E-state index in [0.717, 1.165) is 24.2 Å². The molecule has 1 amide bonds. The minimum Gasteiger partial charge on any atom is -0.548 e. The Morgan fingerprint density at radius 3 is 1.44 bits per heavy atom. The summed E-state index contributed by atoms with van der Waals surface area (Å²) >= 11 is 0. The second kappa shape index (κ2) is 22.4. The number of hydrogen-bond donors (Lipinski definition) is 0. The second-order valence-electron chi connectivity index (χ2n) is 5.57. The molecule has 0 aromatic carbocycles. The maximum atomic E-state index is 11.8. The number of aliphatic carboxylic acids is 2. The monoisotopic (exact) mass is 377 g/mol. The molecule has 25 heavy (non-hydrogen) atoms. The topological polar surface area (TPSA) is 132 Å². The second-order valence-corrected chi connectivity index (χ2v) is 5.57. The molecule has 2 N–H and O–H groups in total. The van der Waals surface area contributed by atoms with E-state index in [1.54, 1.807) is 0 Å². The number of carbonyl (C=O) groups excluding carboxylic acids is 3. The first-order chi connectivity index (χ1) is 10.5. The molecule has 7 nitrogen and oxygen atoms in total. The van der Waals surface area contributed by atoms with Gasteiger partial charge in [-0.3, -0.25) is 4.79 Å². The number of nitrogens with zero attached hydrogens (tertiary/aromatic N) is 1. The fourth-order valence-corrected chi connectivity index (χ4v) is 2.29. The molecule has 9 heteroatoms. The van der Waals surface area contributed by atoms with Crippen LogP contribution in [-0.4, -0.2) is 41.3 Å². The van der Waals surface area contributed by atoms with E-state index in [9.17, 15) is 24.6 Å². The molecule has 0 aliphatic heterocycles. The molecule has 0 atom stereocenters. The number of carboxylic acids is 2. The summed E-state index contributed by atoms with van der Waals surface area (Å²) in [6.07, 6.45) is 10.1. The largest absolute Gasteiger partial charge is 1.00 e. The van der Waals surface area contributed by atoms with Gasteiger partial charge in [-0.1, -0.05) is 58.3 Å². The van der Waals surface area contributed by atoms with E-state index in [4.69, 9.17) is 0 Å². The smallest absolute Gasteiger partial charge is 0.548 e. The maximum absolute atomic E-state index is 11.8.